The largest absolute Gasteiger partial charge is 0.467 e. The standard InChI is InChI=1S/C12H13N3O4S/c1-7-9(11(20-15-7)14-12(17)18-2)10(16)13-6-8-4-3-5-19-8/h3-5H,6H2,1-2H3,(H,13,16)(H,14,17). The van der Waals surface area contributed by atoms with E-state index in [2.05, 4.69) is 19.7 Å². The molecule has 20 heavy (non-hydrogen) atoms. The Balaban J connectivity index is 2.08. The number of hydrogen-bond acceptors (Lipinski definition) is 6. The van der Waals surface area contributed by atoms with Gasteiger partial charge in [0.25, 0.3) is 5.91 Å². The molecule has 0 saturated heterocycles. The van der Waals surface area contributed by atoms with Crippen LogP contribution in [0.4, 0.5) is 9.80 Å². The predicted molar refractivity (Wildman–Crippen MR) is 72.8 cm³/mol. The summed E-state index contributed by atoms with van der Waals surface area (Å²) in [6.07, 6.45) is 0.886. The summed E-state index contributed by atoms with van der Waals surface area (Å²) in [5, 5.41) is 5.52. The zero-order valence-corrected chi connectivity index (χ0v) is 11.7. The number of nitrogens with one attached hydrogen (secondary N) is 2. The maximum atomic E-state index is 12.1. The van der Waals surface area contributed by atoms with Crippen LogP contribution < -0.4 is 10.6 Å². The molecule has 2 heterocycles. The summed E-state index contributed by atoms with van der Waals surface area (Å²) in [7, 11) is 1.25. The third-order valence-corrected chi connectivity index (χ3v) is 3.35. The molecular weight excluding hydrogens is 282 g/mol. The van der Waals surface area contributed by atoms with Crippen LogP contribution in [-0.4, -0.2) is 23.5 Å². The van der Waals surface area contributed by atoms with Gasteiger partial charge in [-0.1, -0.05) is 0 Å². The van der Waals surface area contributed by atoms with Crippen LogP contribution in [0, 0.1) is 6.92 Å². The average molecular weight is 295 g/mol. The van der Waals surface area contributed by atoms with E-state index < -0.39 is 6.09 Å². The Hall–Kier alpha value is -2.35. The topological polar surface area (TPSA) is 93.5 Å². The number of furan rings is 1. The van der Waals surface area contributed by atoms with Gasteiger partial charge < -0.3 is 14.5 Å². The number of amides is 2. The molecule has 0 atom stereocenters. The lowest BCUT2D eigenvalue weighted by Crippen LogP contribution is -2.24. The summed E-state index contributed by atoms with van der Waals surface area (Å²) >= 11 is 1.03. The van der Waals surface area contributed by atoms with Gasteiger partial charge in [0.15, 0.2) is 0 Å². The van der Waals surface area contributed by atoms with Crippen molar-refractivity contribution in [2.45, 2.75) is 13.5 Å². The average Bonchev–Trinajstić information content (AvgIpc) is 3.06. The highest BCUT2D eigenvalue weighted by atomic mass is 32.1. The van der Waals surface area contributed by atoms with Crippen LogP contribution in [0.5, 0.6) is 0 Å². The Morgan fingerprint density at radius 1 is 1.50 bits per heavy atom. The summed E-state index contributed by atoms with van der Waals surface area (Å²) in [5.41, 5.74) is 0.866. The van der Waals surface area contributed by atoms with Gasteiger partial charge in [0.05, 0.1) is 31.2 Å². The molecule has 0 aromatic carbocycles. The lowest BCUT2D eigenvalue weighted by Gasteiger charge is -2.06. The minimum atomic E-state index is -0.645. The van der Waals surface area contributed by atoms with Crippen molar-refractivity contribution in [3.63, 3.8) is 0 Å². The van der Waals surface area contributed by atoms with E-state index in [0.717, 1.165) is 11.5 Å². The molecule has 7 nitrogen and oxygen atoms in total. The fraction of sp³-hybridized carbons (Fsp3) is 0.250. The van der Waals surface area contributed by atoms with Gasteiger partial charge >= 0.3 is 6.09 Å². The summed E-state index contributed by atoms with van der Waals surface area (Å²) < 4.78 is 13.7. The predicted octanol–water partition coefficient (Wildman–Crippen LogP) is 2.15. The number of hydrogen-bond donors (Lipinski definition) is 2. The quantitative estimate of drug-likeness (QED) is 0.901. The van der Waals surface area contributed by atoms with E-state index in [1.807, 2.05) is 0 Å². The SMILES string of the molecule is COC(=O)Nc1snc(C)c1C(=O)NCc1ccco1. The summed E-state index contributed by atoms with van der Waals surface area (Å²) in [6.45, 7) is 1.96. The zero-order valence-electron chi connectivity index (χ0n) is 10.9. The molecule has 2 aromatic heterocycles. The van der Waals surface area contributed by atoms with Crippen molar-refractivity contribution < 1.29 is 18.7 Å². The molecule has 2 rings (SSSR count). The molecule has 0 aliphatic rings. The highest BCUT2D eigenvalue weighted by Gasteiger charge is 2.20. The zero-order chi connectivity index (χ0) is 14.5. The van der Waals surface area contributed by atoms with Crippen LogP contribution in [0.3, 0.4) is 0 Å². The van der Waals surface area contributed by atoms with Gasteiger partial charge in [-0.15, -0.1) is 0 Å². The first-order valence-corrected chi connectivity index (χ1v) is 6.51. The number of nitrogens with zero attached hydrogens (tertiary/aromatic N) is 1. The van der Waals surface area contributed by atoms with Crippen LogP contribution >= 0.6 is 11.5 Å². The molecule has 0 spiro atoms. The van der Waals surface area contributed by atoms with Crippen molar-refractivity contribution in [1.82, 2.24) is 9.69 Å². The summed E-state index contributed by atoms with van der Waals surface area (Å²) in [5.74, 6) is 0.306. The molecule has 0 unspecified atom stereocenters. The maximum absolute atomic E-state index is 12.1. The number of rotatable bonds is 4. The first kappa shape index (κ1) is 14.1. The molecule has 2 amide bonds. The number of carbonyl (C=O) groups excluding carboxylic acids is 2. The molecule has 0 fully saturated rings. The van der Waals surface area contributed by atoms with Crippen molar-refractivity contribution >= 4 is 28.5 Å². The van der Waals surface area contributed by atoms with Crippen LogP contribution in [0.2, 0.25) is 0 Å². The van der Waals surface area contributed by atoms with Gasteiger partial charge in [0.1, 0.15) is 10.8 Å². The lowest BCUT2D eigenvalue weighted by atomic mass is 10.2. The number of aromatic nitrogens is 1. The van der Waals surface area contributed by atoms with Crippen molar-refractivity contribution in [2.24, 2.45) is 0 Å². The number of anilines is 1. The van der Waals surface area contributed by atoms with E-state index in [1.54, 1.807) is 19.1 Å². The Labute approximate surface area is 119 Å². The Morgan fingerprint density at radius 2 is 2.30 bits per heavy atom. The monoisotopic (exact) mass is 295 g/mol. The molecule has 0 aliphatic carbocycles. The van der Waals surface area contributed by atoms with E-state index in [0.29, 0.717) is 22.0 Å². The van der Waals surface area contributed by atoms with Crippen LogP contribution in [0.25, 0.3) is 0 Å². The normalized spacial score (nSPS) is 10.1. The number of aryl methyl sites for hydroxylation is 1. The molecule has 2 N–H and O–H groups in total. The second kappa shape index (κ2) is 6.20. The van der Waals surface area contributed by atoms with Crippen LogP contribution in [-0.2, 0) is 11.3 Å². The van der Waals surface area contributed by atoms with Gasteiger partial charge in [-0.25, -0.2) is 4.79 Å². The third kappa shape index (κ3) is 3.15. The van der Waals surface area contributed by atoms with Crippen molar-refractivity contribution in [3.05, 3.63) is 35.4 Å². The summed E-state index contributed by atoms with van der Waals surface area (Å²) in [6, 6.07) is 3.50. The first-order chi connectivity index (χ1) is 9.61. The Kier molecular flexibility index (Phi) is 4.36. The molecule has 106 valence electrons. The molecule has 0 saturated carbocycles. The highest BCUT2D eigenvalue weighted by Crippen LogP contribution is 2.24. The van der Waals surface area contributed by atoms with Gasteiger partial charge in [-0.2, -0.15) is 4.37 Å². The fourth-order valence-corrected chi connectivity index (χ4v) is 2.32. The van der Waals surface area contributed by atoms with Crippen molar-refractivity contribution in [1.29, 1.82) is 0 Å². The molecule has 8 heteroatoms. The van der Waals surface area contributed by atoms with Crippen LogP contribution in [0.15, 0.2) is 22.8 Å². The van der Waals surface area contributed by atoms with Gasteiger partial charge in [0, 0.05) is 0 Å². The molecule has 0 aliphatic heterocycles. The van der Waals surface area contributed by atoms with E-state index in [-0.39, 0.29) is 12.5 Å². The number of methoxy groups -OCH3 is 1. The van der Waals surface area contributed by atoms with Crippen LogP contribution in [0.1, 0.15) is 21.8 Å². The number of carbonyl (C=O) groups is 2. The van der Waals surface area contributed by atoms with Gasteiger partial charge in [0.2, 0.25) is 0 Å². The highest BCUT2D eigenvalue weighted by molar-refractivity contribution is 7.11. The van der Waals surface area contributed by atoms with Gasteiger partial charge in [-0.3, -0.25) is 10.1 Å². The molecule has 0 radical (unpaired) electrons. The Morgan fingerprint density at radius 3 is 2.95 bits per heavy atom. The van der Waals surface area contributed by atoms with E-state index in [1.165, 1.54) is 13.4 Å². The molecule has 2 aromatic rings. The number of ether oxygens (including phenoxy) is 1. The fourth-order valence-electron chi connectivity index (χ4n) is 1.54. The molecular formula is C12H13N3O4S. The lowest BCUT2D eigenvalue weighted by molar-refractivity contribution is 0.0948. The van der Waals surface area contributed by atoms with Crippen molar-refractivity contribution in [3.8, 4) is 0 Å². The Bertz CT molecular complexity index is 606. The minimum Gasteiger partial charge on any atom is -0.467 e. The third-order valence-electron chi connectivity index (χ3n) is 2.49. The second-order valence-electron chi connectivity index (χ2n) is 3.85. The van der Waals surface area contributed by atoms with E-state index in [4.69, 9.17) is 4.42 Å². The van der Waals surface area contributed by atoms with E-state index in [9.17, 15) is 9.59 Å². The molecule has 0 bridgehead atoms. The first-order valence-electron chi connectivity index (χ1n) is 5.73. The van der Waals surface area contributed by atoms with E-state index >= 15 is 0 Å². The summed E-state index contributed by atoms with van der Waals surface area (Å²) in [4.78, 5) is 23.3. The smallest absolute Gasteiger partial charge is 0.412 e. The minimum absolute atomic E-state index is 0.263. The van der Waals surface area contributed by atoms with Gasteiger partial charge in [-0.05, 0) is 30.6 Å². The second-order valence-corrected chi connectivity index (χ2v) is 4.62. The maximum Gasteiger partial charge on any atom is 0.412 e. The van der Waals surface area contributed by atoms with Crippen molar-refractivity contribution in [2.75, 3.05) is 12.4 Å².